The van der Waals surface area contributed by atoms with Crippen molar-refractivity contribution in [3.8, 4) is 11.8 Å². The van der Waals surface area contributed by atoms with Gasteiger partial charge in [0.25, 0.3) is 0 Å². The van der Waals surface area contributed by atoms with Gasteiger partial charge in [-0.2, -0.15) is 0 Å². The average molecular weight is 438 g/mol. The highest BCUT2D eigenvalue weighted by molar-refractivity contribution is 5.84. The molecule has 5 heteroatoms. The zero-order valence-corrected chi connectivity index (χ0v) is 18.0. The van der Waals surface area contributed by atoms with Crippen LogP contribution in [0.3, 0.4) is 0 Å². The van der Waals surface area contributed by atoms with Gasteiger partial charge < -0.3 is 9.47 Å². The van der Waals surface area contributed by atoms with Gasteiger partial charge in [0, 0.05) is 23.3 Å². The molecule has 166 valence electrons. The summed E-state index contributed by atoms with van der Waals surface area (Å²) in [5.74, 6) is 4.03. The van der Waals surface area contributed by atoms with Crippen LogP contribution in [0.25, 0.3) is 10.8 Å². The third kappa shape index (κ3) is 5.32. The van der Waals surface area contributed by atoms with Crippen molar-refractivity contribution in [1.82, 2.24) is 0 Å². The zero-order valence-electron chi connectivity index (χ0n) is 18.0. The van der Waals surface area contributed by atoms with Gasteiger partial charge in [-0.3, -0.25) is 0 Å². The summed E-state index contributed by atoms with van der Waals surface area (Å²) >= 11 is 0. The first-order valence-corrected chi connectivity index (χ1v) is 10.9. The summed E-state index contributed by atoms with van der Waals surface area (Å²) in [5, 5.41) is 0.734. The number of halogens is 3. The molecule has 0 unspecified atom stereocenters. The lowest BCUT2D eigenvalue weighted by Crippen LogP contribution is -2.32. The predicted molar refractivity (Wildman–Crippen MR) is 119 cm³/mol. The number of ether oxygens (including phenoxy) is 2. The standard InChI is InChI=1S/C27H25F3O2/c1-2-3-20-16-31-26(32-17-20)13-7-19-5-9-21(25(29)15-19)8-4-18-6-11-23-22(14-18)10-12-24(28)27(23)30/h5-6,9-12,14-15,20,26H,2-3,7,13,16-17H2,1H3. The van der Waals surface area contributed by atoms with Gasteiger partial charge in [0.05, 0.1) is 18.8 Å². The molecule has 0 saturated carbocycles. The first-order valence-electron chi connectivity index (χ1n) is 10.9. The fraction of sp³-hybridized carbons (Fsp3) is 0.333. The summed E-state index contributed by atoms with van der Waals surface area (Å²) in [6, 6.07) is 12.3. The Morgan fingerprint density at radius 3 is 2.44 bits per heavy atom. The molecule has 3 aromatic rings. The molecule has 3 aromatic carbocycles. The van der Waals surface area contributed by atoms with Crippen molar-refractivity contribution in [3.05, 3.63) is 82.7 Å². The van der Waals surface area contributed by atoms with E-state index in [4.69, 9.17) is 9.47 Å². The van der Waals surface area contributed by atoms with Crippen LogP contribution in [-0.2, 0) is 15.9 Å². The van der Waals surface area contributed by atoms with Gasteiger partial charge in [-0.25, -0.2) is 13.2 Å². The summed E-state index contributed by atoms with van der Waals surface area (Å²) in [6.07, 6.45) is 3.32. The molecule has 0 amide bonds. The largest absolute Gasteiger partial charge is 0.352 e. The van der Waals surface area contributed by atoms with Gasteiger partial charge >= 0.3 is 0 Å². The molecule has 0 bridgehead atoms. The molecule has 1 fully saturated rings. The van der Waals surface area contributed by atoms with Crippen molar-refractivity contribution in [2.24, 2.45) is 5.92 Å². The minimum absolute atomic E-state index is 0.192. The van der Waals surface area contributed by atoms with Gasteiger partial charge in [-0.05, 0) is 54.1 Å². The molecule has 1 heterocycles. The highest BCUT2D eigenvalue weighted by Gasteiger charge is 2.21. The first-order chi connectivity index (χ1) is 15.5. The molecule has 1 aliphatic heterocycles. The molecule has 1 saturated heterocycles. The second kappa shape index (κ2) is 10.2. The topological polar surface area (TPSA) is 18.5 Å². The summed E-state index contributed by atoms with van der Waals surface area (Å²) in [7, 11) is 0. The smallest absolute Gasteiger partial charge is 0.166 e. The Morgan fingerprint density at radius 2 is 1.69 bits per heavy atom. The van der Waals surface area contributed by atoms with Gasteiger partial charge in [0.15, 0.2) is 17.9 Å². The van der Waals surface area contributed by atoms with Crippen LogP contribution in [0, 0.1) is 35.2 Å². The summed E-state index contributed by atoms with van der Waals surface area (Å²) < 4.78 is 53.3. The van der Waals surface area contributed by atoms with Crippen molar-refractivity contribution in [3.63, 3.8) is 0 Å². The fourth-order valence-electron chi connectivity index (χ4n) is 3.91. The van der Waals surface area contributed by atoms with Crippen LogP contribution in [-0.4, -0.2) is 19.5 Å². The second-order valence-electron chi connectivity index (χ2n) is 8.15. The van der Waals surface area contributed by atoms with Crippen LogP contribution in [0.15, 0.2) is 48.5 Å². The van der Waals surface area contributed by atoms with Gasteiger partial charge in [-0.1, -0.05) is 43.4 Å². The molecule has 0 aromatic heterocycles. The van der Waals surface area contributed by atoms with Crippen LogP contribution < -0.4 is 0 Å². The monoisotopic (exact) mass is 438 g/mol. The Bertz CT molecular complexity index is 1150. The van der Waals surface area contributed by atoms with Crippen molar-refractivity contribution < 1.29 is 22.6 Å². The lowest BCUT2D eigenvalue weighted by Gasteiger charge is -2.29. The van der Waals surface area contributed by atoms with Crippen LogP contribution >= 0.6 is 0 Å². The molecule has 2 nitrogen and oxygen atoms in total. The van der Waals surface area contributed by atoms with Gasteiger partial charge in [0.1, 0.15) is 5.82 Å². The van der Waals surface area contributed by atoms with Crippen LogP contribution in [0.2, 0.25) is 0 Å². The second-order valence-corrected chi connectivity index (χ2v) is 8.15. The Balaban J connectivity index is 1.39. The molecule has 0 aliphatic carbocycles. The fourth-order valence-corrected chi connectivity index (χ4v) is 3.91. The maximum absolute atomic E-state index is 14.5. The molecule has 0 spiro atoms. The summed E-state index contributed by atoms with van der Waals surface area (Å²) in [4.78, 5) is 0. The van der Waals surface area contributed by atoms with Gasteiger partial charge in [-0.15, -0.1) is 0 Å². The highest BCUT2D eigenvalue weighted by atomic mass is 19.2. The van der Waals surface area contributed by atoms with E-state index in [0.29, 0.717) is 29.7 Å². The minimum atomic E-state index is -0.888. The number of rotatable bonds is 5. The van der Waals surface area contributed by atoms with E-state index in [0.717, 1.165) is 37.7 Å². The Labute approximate surface area is 186 Å². The Hall–Kier alpha value is -2.81. The van der Waals surface area contributed by atoms with Crippen LogP contribution in [0.4, 0.5) is 13.2 Å². The van der Waals surface area contributed by atoms with Gasteiger partial charge in [0.2, 0.25) is 0 Å². The number of fused-ring (bicyclic) bond motifs is 1. The summed E-state index contributed by atoms with van der Waals surface area (Å²) in [5.41, 5.74) is 1.74. The van der Waals surface area contributed by atoms with Crippen molar-refractivity contribution in [2.75, 3.05) is 13.2 Å². The summed E-state index contributed by atoms with van der Waals surface area (Å²) in [6.45, 7) is 3.59. The Morgan fingerprint density at radius 1 is 0.875 bits per heavy atom. The molecule has 32 heavy (non-hydrogen) atoms. The van der Waals surface area contributed by atoms with E-state index in [2.05, 4.69) is 18.8 Å². The number of benzene rings is 3. The number of aryl methyl sites for hydroxylation is 1. The quantitative estimate of drug-likeness (QED) is 0.431. The van der Waals surface area contributed by atoms with E-state index < -0.39 is 17.5 Å². The van der Waals surface area contributed by atoms with Crippen LogP contribution in [0.1, 0.15) is 42.9 Å². The van der Waals surface area contributed by atoms with Crippen molar-refractivity contribution in [2.45, 2.75) is 38.9 Å². The third-order valence-electron chi connectivity index (χ3n) is 5.68. The number of hydrogen-bond acceptors (Lipinski definition) is 2. The maximum Gasteiger partial charge on any atom is 0.166 e. The molecule has 0 atom stereocenters. The van der Waals surface area contributed by atoms with E-state index in [1.807, 2.05) is 6.07 Å². The maximum atomic E-state index is 14.5. The first kappa shape index (κ1) is 22.4. The lowest BCUT2D eigenvalue weighted by atomic mass is 10.0. The number of hydrogen-bond donors (Lipinski definition) is 0. The minimum Gasteiger partial charge on any atom is -0.352 e. The molecular weight excluding hydrogens is 413 g/mol. The zero-order chi connectivity index (χ0) is 22.5. The SMILES string of the molecule is CCCC1COC(CCc2ccc(C#Cc3ccc4c(F)c(F)ccc4c3)c(F)c2)OC1. The normalized spacial score (nSPS) is 18.4. The molecule has 0 radical (unpaired) electrons. The van der Waals surface area contributed by atoms with E-state index >= 15 is 0 Å². The highest BCUT2D eigenvalue weighted by Crippen LogP contribution is 2.22. The average Bonchev–Trinajstić information content (AvgIpc) is 2.80. The predicted octanol–water partition coefficient (Wildman–Crippen LogP) is 6.38. The molecule has 4 rings (SSSR count). The van der Waals surface area contributed by atoms with Crippen LogP contribution in [0.5, 0.6) is 0 Å². The van der Waals surface area contributed by atoms with E-state index in [-0.39, 0.29) is 17.2 Å². The molecular formula is C27H25F3O2. The van der Waals surface area contributed by atoms with E-state index in [9.17, 15) is 13.2 Å². The molecule has 0 N–H and O–H groups in total. The van der Waals surface area contributed by atoms with Crippen molar-refractivity contribution in [1.29, 1.82) is 0 Å². The van der Waals surface area contributed by atoms with E-state index in [1.54, 1.807) is 18.2 Å². The van der Waals surface area contributed by atoms with Crippen molar-refractivity contribution >= 4 is 10.8 Å². The Kier molecular flexibility index (Phi) is 7.14. The lowest BCUT2D eigenvalue weighted by molar-refractivity contribution is -0.203. The third-order valence-corrected chi connectivity index (χ3v) is 5.68. The van der Waals surface area contributed by atoms with E-state index in [1.165, 1.54) is 18.2 Å². The molecule has 1 aliphatic rings.